The molecule has 20 heavy (non-hydrogen) atoms. The van der Waals surface area contributed by atoms with Gasteiger partial charge < -0.3 is 10.2 Å². The van der Waals surface area contributed by atoms with E-state index in [1.165, 1.54) is 43.8 Å². The lowest BCUT2D eigenvalue weighted by Gasteiger charge is -2.18. The highest BCUT2D eigenvalue weighted by molar-refractivity contribution is 5.55. The zero-order valence-electron chi connectivity index (χ0n) is 11.5. The molecule has 3 heteroatoms. The van der Waals surface area contributed by atoms with Crippen LogP contribution in [0.1, 0.15) is 18.4 Å². The monoisotopic (exact) mass is 270 g/mol. The third-order valence-corrected chi connectivity index (χ3v) is 3.75. The Hall–Kier alpha value is -2.03. The second kappa shape index (κ2) is 5.95. The Balaban J connectivity index is 1.59. The first-order chi connectivity index (χ1) is 9.81. The van der Waals surface area contributed by atoms with Crippen molar-refractivity contribution in [3.8, 4) is 0 Å². The number of anilines is 2. The summed E-state index contributed by atoms with van der Waals surface area (Å²) < 4.78 is 12.8. The van der Waals surface area contributed by atoms with Crippen LogP contribution in [0.5, 0.6) is 0 Å². The molecule has 0 spiro atoms. The molecule has 0 amide bonds. The second-order valence-corrected chi connectivity index (χ2v) is 5.22. The van der Waals surface area contributed by atoms with E-state index in [0.29, 0.717) is 6.54 Å². The summed E-state index contributed by atoms with van der Waals surface area (Å²) in [7, 11) is 0. The molecule has 1 aliphatic rings. The molecule has 0 saturated carbocycles. The van der Waals surface area contributed by atoms with Crippen molar-refractivity contribution >= 4 is 11.4 Å². The van der Waals surface area contributed by atoms with Crippen molar-refractivity contribution in [1.82, 2.24) is 0 Å². The van der Waals surface area contributed by atoms with E-state index in [0.717, 1.165) is 11.3 Å². The van der Waals surface area contributed by atoms with E-state index in [9.17, 15) is 4.39 Å². The lowest BCUT2D eigenvalue weighted by molar-refractivity contribution is 0.627. The van der Waals surface area contributed by atoms with Gasteiger partial charge in [-0.1, -0.05) is 12.1 Å². The van der Waals surface area contributed by atoms with Gasteiger partial charge in [-0.2, -0.15) is 0 Å². The van der Waals surface area contributed by atoms with Crippen LogP contribution < -0.4 is 10.2 Å². The smallest absolute Gasteiger partial charge is 0.123 e. The molecule has 0 unspecified atom stereocenters. The molecular weight excluding hydrogens is 251 g/mol. The Kier molecular flexibility index (Phi) is 3.86. The zero-order chi connectivity index (χ0) is 13.8. The minimum absolute atomic E-state index is 0.191. The zero-order valence-corrected chi connectivity index (χ0v) is 11.5. The van der Waals surface area contributed by atoms with Crippen LogP contribution in [0.2, 0.25) is 0 Å². The number of benzene rings is 2. The van der Waals surface area contributed by atoms with E-state index in [2.05, 4.69) is 34.5 Å². The quantitative estimate of drug-likeness (QED) is 0.902. The molecule has 0 atom stereocenters. The Morgan fingerprint density at radius 2 is 1.55 bits per heavy atom. The number of rotatable bonds is 4. The molecule has 1 aliphatic heterocycles. The van der Waals surface area contributed by atoms with Gasteiger partial charge in [-0.05, 0) is 54.8 Å². The van der Waals surface area contributed by atoms with Gasteiger partial charge in [0.05, 0.1) is 0 Å². The largest absolute Gasteiger partial charge is 0.381 e. The molecular formula is C17H19FN2. The SMILES string of the molecule is Fc1ccc(CNc2ccc(N3CCCC3)cc2)cc1. The van der Waals surface area contributed by atoms with Gasteiger partial charge in [-0.3, -0.25) is 0 Å². The molecule has 104 valence electrons. The molecule has 2 nitrogen and oxygen atoms in total. The summed E-state index contributed by atoms with van der Waals surface area (Å²) in [5.41, 5.74) is 3.47. The normalized spacial score (nSPS) is 14.6. The van der Waals surface area contributed by atoms with Crippen LogP contribution in [0.15, 0.2) is 48.5 Å². The number of nitrogens with one attached hydrogen (secondary N) is 1. The van der Waals surface area contributed by atoms with Crippen LogP contribution in [-0.2, 0) is 6.54 Å². The minimum atomic E-state index is -0.191. The maximum absolute atomic E-state index is 12.8. The third-order valence-electron chi connectivity index (χ3n) is 3.75. The average Bonchev–Trinajstić information content (AvgIpc) is 3.01. The summed E-state index contributed by atoms with van der Waals surface area (Å²) in [5.74, 6) is -0.191. The van der Waals surface area contributed by atoms with E-state index >= 15 is 0 Å². The second-order valence-electron chi connectivity index (χ2n) is 5.22. The van der Waals surface area contributed by atoms with Crippen LogP contribution in [0, 0.1) is 5.82 Å². The average molecular weight is 270 g/mol. The fourth-order valence-electron chi connectivity index (χ4n) is 2.57. The Morgan fingerprint density at radius 1 is 0.900 bits per heavy atom. The Labute approximate surface area is 119 Å². The minimum Gasteiger partial charge on any atom is -0.381 e. The maximum atomic E-state index is 12.8. The van der Waals surface area contributed by atoms with Crippen LogP contribution in [0.4, 0.5) is 15.8 Å². The van der Waals surface area contributed by atoms with Crippen molar-refractivity contribution in [2.45, 2.75) is 19.4 Å². The summed E-state index contributed by atoms with van der Waals surface area (Å²) >= 11 is 0. The van der Waals surface area contributed by atoms with Crippen molar-refractivity contribution < 1.29 is 4.39 Å². The fourth-order valence-corrected chi connectivity index (χ4v) is 2.57. The van der Waals surface area contributed by atoms with Gasteiger partial charge in [0.2, 0.25) is 0 Å². The summed E-state index contributed by atoms with van der Waals surface area (Å²) in [6.45, 7) is 3.05. The number of hydrogen-bond donors (Lipinski definition) is 1. The predicted octanol–water partition coefficient (Wildman–Crippen LogP) is 4.04. The first-order valence-corrected chi connectivity index (χ1v) is 7.14. The van der Waals surface area contributed by atoms with E-state index in [1.54, 1.807) is 12.1 Å². The van der Waals surface area contributed by atoms with Crippen molar-refractivity contribution in [2.24, 2.45) is 0 Å². The molecule has 1 saturated heterocycles. The highest BCUT2D eigenvalue weighted by atomic mass is 19.1. The standard InChI is InChI=1S/C17H19FN2/c18-15-5-3-14(4-6-15)13-19-16-7-9-17(10-8-16)20-11-1-2-12-20/h3-10,19H,1-2,11-13H2. The van der Waals surface area contributed by atoms with Gasteiger partial charge in [-0.25, -0.2) is 4.39 Å². The van der Waals surface area contributed by atoms with Gasteiger partial charge in [0.15, 0.2) is 0 Å². The van der Waals surface area contributed by atoms with Gasteiger partial charge in [0.1, 0.15) is 5.82 Å². The highest BCUT2D eigenvalue weighted by Gasteiger charge is 2.11. The molecule has 1 N–H and O–H groups in total. The van der Waals surface area contributed by atoms with Gasteiger partial charge in [0, 0.05) is 31.0 Å². The Bertz CT molecular complexity index is 542. The van der Waals surface area contributed by atoms with Crippen LogP contribution in [0.25, 0.3) is 0 Å². The number of halogens is 1. The predicted molar refractivity (Wildman–Crippen MR) is 81.6 cm³/mol. The van der Waals surface area contributed by atoms with Crippen LogP contribution in [0.3, 0.4) is 0 Å². The maximum Gasteiger partial charge on any atom is 0.123 e. The van der Waals surface area contributed by atoms with E-state index in [1.807, 2.05) is 0 Å². The summed E-state index contributed by atoms with van der Waals surface area (Å²) in [6.07, 6.45) is 2.59. The van der Waals surface area contributed by atoms with Gasteiger partial charge >= 0.3 is 0 Å². The third kappa shape index (κ3) is 3.10. The molecule has 1 fully saturated rings. The summed E-state index contributed by atoms with van der Waals surface area (Å²) in [6, 6.07) is 15.1. The summed E-state index contributed by atoms with van der Waals surface area (Å²) in [4.78, 5) is 2.42. The number of hydrogen-bond acceptors (Lipinski definition) is 2. The van der Waals surface area contributed by atoms with Gasteiger partial charge in [0.25, 0.3) is 0 Å². The molecule has 0 aromatic heterocycles. The van der Waals surface area contributed by atoms with Gasteiger partial charge in [-0.15, -0.1) is 0 Å². The fraction of sp³-hybridized carbons (Fsp3) is 0.294. The van der Waals surface area contributed by atoms with Crippen molar-refractivity contribution in [3.05, 3.63) is 59.9 Å². The molecule has 0 radical (unpaired) electrons. The van der Waals surface area contributed by atoms with Crippen molar-refractivity contribution in [3.63, 3.8) is 0 Å². The van der Waals surface area contributed by atoms with Crippen LogP contribution in [-0.4, -0.2) is 13.1 Å². The lowest BCUT2D eigenvalue weighted by Crippen LogP contribution is -2.17. The topological polar surface area (TPSA) is 15.3 Å². The van der Waals surface area contributed by atoms with E-state index in [-0.39, 0.29) is 5.82 Å². The Morgan fingerprint density at radius 3 is 2.20 bits per heavy atom. The number of nitrogens with zero attached hydrogens (tertiary/aromatic N) is 1. The molecule has 3 rings (SSSR count). The lowest BCUT2D eigenvalue weighted by atomic mass is 10.2. The van der Waals surface area contributed by atoms with Crippen molar-refractivity contribution in [1.29, 1.82) is 0 Å². The molecule has 1 heterocycles. The van der Waals surface area contributed by atoms with E-state index in [4.69, 9.17) is 0 Å². The van der Waals surface area contributed by atoms with Crippen LogP contribution >= 0.6 is 0 Å². The molecule has 2 aromatic rings. The van der Waals surface area contributed by atoms with Crippen molar-refractivity contribution in [2.75, 3.05) is 23.3 Å². The first kappa shape index (κ1) is 13.0. The molecule has 2 aromatic carbocycles. The highest BCUT2D eigenvalue weighted by Crippen LogP contribution is 2.22. The molecule has 0 bridgehead atoms. The molecule has 0 aliphatic carbocycles. The first-order valence-electron chi connectivity index (χ1n) is 7.14. The van der Waals surface area contributed by atoms with E-state index < -0.39 is 0 Å². The summed E-state index contributed by atoms with van der Waals surface area (Å²) in [5, 5.41) is 3.36.